The lowest BCUT2D eigenvalue weighted by Gasteiger charge is -2.06. The number of aryl methyl sites for hydroxylation is 1. The van der Waals surface area contributed by atoms with Crippen molar-refractivity contribution < 1.29 is 4.79 Å². The fourth-order valence-corrected chi connectivity index (χ4v) is 3.67. The van der Waals surface area contributed by atoms with Crippen molar-refractivity contribution in [2.45, 2.75) is 13.3 Å². The van der Waals surface area contributed by atoms with Crippen molar-refractivity contribution in [1.29, 1.82) is 0 Å². The van der Waals surface area contributed by atoms with Gasteiger partial charge in [0.1, 0.15) is 0 Å². The van der Waals surface area contributed by atoms with Crippen LogP contribution in [0.15, 0.2) is 63.0 Å². The molecule has 0 aliphatic carbocycles. The molecule has 3 nitrogen and oxygen atoms in total. The van der Waals surface area contributed by atoms with Crippen LogP contribution in [0.4, 0.5) is 0 Å². The van der Waals surface area contributed by atoms with E-state index in [1.807, 2.05) is 42.5 Å². The van der Waals surface area contributed by atoms with Gasteiger partial charge in [-0.05, 0) is 53.5 Å². The standard InChI is InChI=1S/C19H15BrN2OS2/c1-2-13-3-5-15(6-4-13)12-21-22-18(23)17(25-19(22)24)11-14-7-9-16(20)10-8-14/h3-12H,2H2,1H3/b17-11+,21-12+. The molecule has 3 rings (SSSR count). The molecule has 1 aliphatic heterocycles. The second kappa shape index (κ2) is 8.08. The van der Waals surface area contributed by atoms with Gasteiger partial charge < -0.3 is 0 Å². The summed E-state index contributed by atoms with van der Waals surface area (Å²) in [5.41, 5.74) is 3.14. The molecule has 1 saturated heterocycles. The molecule has 126 valence electrons. The van der Waals surface area contributed by atoms with Gasteiger partial charge in [0.15, 0.2) is 4.32 Å². The summed E-state index contributed by atoms with van der Waals surface area (Å²) in [6.45, 7) is 2.11. The van der Waals surface area contributed by atoms with Crippen LogP contribution in [0.5, 0.6) is 0 Å². The fourth-order valence-electron chi connectivity index (χ4n) is 2.23. The average Bonchev–Trinajstić information content (AvgIpc) is 2.89. The minimum atomic E-state index is -0.195. The van der Waals surface area contributed by atoms with Crippen LogP contribution in [-0.4, -0.2) is 21.5 Å². The zero-order valence-electron chi connectivity index (χ0n) is 13.5. The van der Waals surface area contributed by atoms with Gasteiger partial charge in [0.05, 0.1) is 11.1 Å². The number of rotatable bonds is 4. The van der Waals surface area contributed by atoms with Crippen molar-refractivity contribution in [3.63, 3.8) is 0 Å². The number of hydrogen-bond acceptors (Lipinski definition) is 4. The average molecular weight is 431 g/mol. The Morgan fingerprint density at radius 2 is 1.76 bits per heavy atom. The summed E-state index contributed by atoms with van der Waals surface area (Å²) in [7, 11) is 0. The van der Waals surface area contributed by atoms with E-state index in [2.05, 4.69) is 40.1 Å². The minimum Gasteiger partial charge on any atom is -0.266 e. The largest absolute Gasteiger partial charge is 0.286 e. The van der Waals surface area contributed by atoms with Gasteiger partial charge in [-0.3, -0.25) is 4.79 Å². The molecule has 2 aromatic rings. The molecule has 0 bridgehead atoms. The van der Waals surface area contributed by atoms with E-state index in [0.29, 0.717) is 9.23 Å². The summed E-state index contributed by atoms with van der Waals surface area (Å²) in [5.74, 6) is -0.195. The van der Waals surface area contributed by atoms with Gasteiger partial charge in [-0.1, -0.05) is 71.0 Å². The number of hydrazone groups is 1. The minimum absolute atomic E-state index is 0.195. The maximum atomic E-state index is 12.5. The Bertz CT molecular complexity index is 858. The normalized spacial score (nSPS) is 16.4. The summed E-state index contributed by atoms with van der Waals surface area (Å²) in [6.07, 6.45) is 4.48. The number of nitrogens with zero attached hydrogens (tertiary/aromatic N) is 2. The molecule has 0 unspecified atom stereocenters. The zero-order chi connectivity index (χ0) is 17.8. The highest BCUT2D eigenvalue weighted by atomic mass is 79.9. The van der Waals surface area contributed by atoms with Gasteiger partial charge in [-0.15, -0.1) is 0 Å². The van der Waals surface area contributed by atoms with Gasteiger partial charge in [0, 0.05) is 4.47 Å². The Morgan fingerprint density at radius 1 is 1.12 bits per heavy atom. The Hall–Kier alpha value is -1.76. The van der Waals surface area contributed by atoms with Crippen LogP contribution >= 0.6 is 39.9 Å². The molecule has 2 aromatic carbocycles. The lowest BCUT2D eigenvalue weighted by Crippen LogP contribution is -2.22. The predicted molar refractivity (Wildman–Crippen MR) is 113 cm³/mol. The molecule has 0 atom stereocenters. The van der Waals surface area contributed by atoms with Crippen LogP contribution in [0.25, 0.3) is 6.08 Å². The Labute approximate surface area is 164 Å². The molecule has 1 heterocycles. The smallest absolute Gasteiger partial charge is 0.266 e. The van der Waals surface area contributed by atoms with Crippen LogP contribution in [0, 0.1) is 0 Å². The number of thiocarbonyl (C=S) groups is 1. The third-order valence-electron chi connectivity index (χ3n) is 3.65. The summed E-state index contributed by atoms with van der Waals surface area (Å²) < 4.78 is 1.44. The van der Waals surface area contributed by atoms with Crippen LogP contribution < -0.4 is 0 Å². The second-order valence-electron chi connectivity index (χ2n) is 5.38. The van der Waals surface area contributed by atoms with Crippen LogP contribution in [0.3, 0.4) is 0 Å². The highest BCUT2D eigenvalue weighted by Crippen LogP contribution is 2.32. The van der Waals surface area contributed by atoms with Crippen molar-refractivity contribution in [1.82, 2.24) is 5.01 Å². The van der Waals surface area contributed by atoms with Crippen LogP contribution in [0.2, 0.25) is 0 Å². The maximum absolute atomic E-state index is 12.5. The van der Waals surface area contributed by atoms with E-state index in [4.69, 9.17) is 12.2 Å². The third-order valence-corrected chi connectivity index (χ3v) is 5.46. The van der Waals surface area contributed by atoms with Crippen molar-refractivity contribution in [3.8, 4) is 0 Å². The van der Waals surface area contributed by atoms with Crippen molar-refractivity contribution in [3.05, 3.63) is 74.6 Å². The van der Waals surface area contributed by atoms with E-state index in [0.717, 1.165) is 22.0 Å². The van der Waals surface area contributed by atoms with Gasteiger partial charge in [-0.2, -0.15) is 10.1 Å². The highest BCUT2D eigenvalue weighted by molar-refractivity contribution is 9.10. The first-order valence-corrected chi connectivity index (χ1v) is 9.75. The lowest BCUT2D eigenvalue weighted by molar-refractivity contribution is -0.122. The molecule has 0 N–H and O–H groups in total. The molecule has 0 spiro atoms. The quantitative estimate of drug-likeness (QED) is 0.377. The summed E-state index contributed by atoms with van der Waals surface area (Å²) in [6, 6.07) is 15.8. The van der Waals surface area contributed by atoms with Crippen molar-refractivity contribution in [2.24, 2.45) is 5.10 Å². The van der Waals surface area contributed by atoms with E-state index < -0.39 is 0 Å². The first-order valence-electron chi connectivity index (χ1n) is 7.73. The SMILES string of the molecule is CCc1ccc(/C=N/N2C(=O)/C(=C\c3ccc(Br)cc3)SC2=S)cc1. The molecule has 25 heavy (non-hydrogen) atoms. The van der Waals surface area contributed by atoms with Gasteiger partial charge >= 0.3 is 0 Å². The first-order chi connectivity index (χ1) is 12.1. The van der Waals surface area contributed by atoms with E-state index in [-0.39, 0.29) is 5.91 Å². The monoisotopic (exact) mass is 430 g/mol. The summed E-state index contributed by atoms with van der Waals surface area (Å²) >= 11 is 9.96. The Morgan fingerprint density at radius 3 is 2.40 bits per heavy atom. The number of hydrogen-bond donors (Lipinski definition) is 0. The Kier molecular flexibility index (Phi) is 5.83. The first kappa shape index (κ1) is 18.0. The number of carbonyl (C=O) groups is 1. The van der Waals surface area contributed by atoms with Crippen LogP contribution in [-0.2, 0) is 11.2 Å². The van der Waals surface area contributed by atoms with Crippen molar-refractivity contribution >= 4 is 62.4 Å². The molecule has 0 radical (unpaired) electrons. The van der Waals surface area contributed by atoms with E-state index in [9.17, 15) is 4.79 Å². The lowest BCUT2D eigenvalue weighted by atomic mass is 10.1. The molecule has 1 amide bonds. The summed E-state index contributed by atoms with van der Waals surface area (Å²) in [5, 5.41) is 5.54. The van der Waals surface area contributed by atoms with Gasteiger partial charge in [-0.25, -0.2) is 0 Å². The number of amides is 1. The summed E-state index contributed by atoms with van der Waals surface area (Å²) in [4.78, 5) is 13.1. The molecule has 6 heteroatoms. The molecule has 1 aliphatic rings. The number of carbonyl (C=O) groups excluding carboxylic acids is 1. The maximum Gasteiger partial charge on any atom is 0.286 e. The predicted octanol–water partition coefficient (Wildman–Crippen LogP) is 5.25. The molecule has 0 saturated carbocycles. The highest BCUT2D eigenvalue weighted by Gasteiger charge is 2.31. The molecule has 0 aromatic heterocycles. The molecular formula is C19H15BrN2OS2. The zero-order valence-corrected chi connectivity index (χ0v) is 16.7. The topological polar surface area (TPSA) is 32.7 Å². The van der Waals surface area contributed by atoms with Gasteiger partial charge in [0.25, 0.3) is 5.91 Å². The van der Waals surface area contributed by atoms with Crippen LogP contribution in [0.1, 0.15) is 23.6 Å². The van der Waals surface area contributed by atoms with Gasteiger partial charge in [0.2, 0.25) is 0 Å². The third kappa shape index (κ3) is 4.45. The molecule has 1 fully saturated rings. The number of benzene rings is 2. The number of thioether (sulfide) groups is 1. The number of halogens is 1. The van der Waals surface area contributed by atoms with E-state index in [1.165, 1.54) is 22.3 Å². The molecular weight excluding hydrogens is 416 g/mol. The van der Waals surface area contributed by atoms with Crippen molar-refractivity contribution in [2.75, 3.05) is 0 Å². The second-order valence-corrected chi connectivity index (χ2v) is 7.98. The fraction of sp³-hybridized carbons (Fsp3) is 0.105. The van der Waals surface area contributed by atoms with E-state index in [1.54, 1.807) is 6.21 Å². The van der Waals surface area contributed by atoms with E-state index >= 15 is 0 Å². The Balaban J connectivity index is 1.76.